The van der Waals surface area contributed by atoms with Crippen molar-refractivity contribution in [3.8, 4) is 0 Å². The van der Waals surface area contributed by atoms with Gasteiger partial charge in [0, 0.05) is 13.0 Å². The van der Waals surface area contributed by atoms with E-state index in [2.05, 4.69) is 0 Å². The Kier molecular flexibility index (Phi) is 5.92. The second kappa shape index (κ2) is 6.97. The summed E-state index contributed by atoms with van der Waals surface area (Å²) in [6.07, 6.45) is 5.29. The van der Waals surface area contributed by atoms with Crippen LogP contribution < -0.4 is 5.73 Å². The fourth-order valence-electron chi connectivity index (χ4n) is 2.60. The zero-order valence-corrected chi connectivity index (χ0v) is 11.1. The predicted octanol–water partition coefficient (Wildman–Crippen LogP) is 1.12. The van der Waals surface area contributed by atoms with Crippen molar-refractivity contribution in [1.82, 2.24) is 4.90 Å². The minimum absolute atomic E-state index is 0.0107. The smallest absolute Gasteiger partial charge is 0.225 e. The molecule has 1 saturated carbocycles. The predicted molar refractivity (Wildman–Crippen MR) is 68.5 cm³/mol. The first-order valence-electron chi connectivity index (χ1n) is 6.72. The Labute approximate surface area is 104 Å². The fourth-order valence-corrected chi connectivity index (χ4v) is 2.60. The van der Waals surface area contributed by atoms with Crippen molar-refractivity contribution in [3.63, 3.8) is 0 Å². The first kappa shape index (κ1) is 14.5. The normalized spacial score (nSPS) is 26.6. The number of nitrogens with two attached hydrogens (primary N) is 1. The third-order valence-corrected chi connectivity index (χ3v) is 3.80. The summed E-state index contributed by atoms with van der Waals surface area (Å²) in [5.41, 5.74) is 5.45. The summed E-state index contributed by atoms with van der Waals surface area (Å²) in [4.78, 5) is 13.9. The van der Waals surface area contributed by atoms with Gasteiger partial charge in [-0.1, -0.05) is 19.8 Å². The van der Waals surface area contributed by atoms with E-state index in [9.17, 15) is 9.90 Å². The zero-order chi connectivity index (χ0) is 12.8. The van der Waals surface area contributed by atoms with E-state index in [1.165, 1.54) is 0 Å². The quantitative estimate of drug-likeness (QED) is 0.759. The lowest BCUT2D eigenvalue weighted by atomic mass is 9.90. The molecule has 0 spiro atoms. The molecular weight excluding hydrogens is 216 g/mol. The largest absolute Gasteiger partial charge is 0.391 e. The van der Waals surface area contributed by atoms with Crippen LogP contribution in [0.3, 0.4) is 0 Å². The number of likely N-dealkylation sites (N-methyl/N-ethyl adjacent to an activating group) is 1. The molecule has 0 radical (unpaired) electrons. The third kappa shape index (κ3) is 3.96. The molecule has 1 rings (SSSR count). The van der Waals surface area contributed by atoms with Gasteiger partial charge < -0.3 is 15.7 Å². The van der Waals surface area contributed by atoms with Gasteiger partial charge in [-0.3, -0.25) is 4.79 Å². The fraction of sp³-hybridized carbons (Fsp3) is 0.923. The number of hydrogen-bond acceptors (Lipinski definition) is 3. The number of aliphatic hydroxyl groups excluding tert-OH is 1. The Morgan fingerprint density at radius 1 is 1.47 bits per heavy atom. The minimum Gasteiger partial charge on any atom is -0.391 e. The highest BCUT2D eigenvalue weighted by molar-refractivity contribution is 5.78. The van der Waals surface area contributed by atoms with Crippen LogP contribution in [0.5, 0.6) is 0 Å². The number of hydrogen-bond donors (Lipinski definition) is 2. The summed E-state index contributed by atoms with van der Waals surface area (Å²) >= 11 is 0. The maximum absolute atomic E-state index is 12.2. The SMILES string of the molecule is CC(CCCN)C(=O)N(C)C1CCCCC1O. The lowest BCUT2D eigenvalue weighted by Crippen LogP contribution is -2.48. The first-order chi connectivity index (χ1) is 8.07. The van der Waals surface area contributed by atoms with Crippen LogP contribution in [0.4, 0.5) is 0 Å². The van der Waals surface area contributed by atoms with Crippen molar-refractivity contribution >= 4 is 5.91 Å². The van der Waals surface area contributed by atoms with Crippen LogP contribution in [-0.4, -0.2) is 41.7 Å². The van der Waals surface area contributed by atoms with Crippen LogP contribution in [0, 0.1) is 5.92 Å². The van der Waals surface area contributed by atoms with Crippen LogP contribution in [-0.2, 0) is 4.79 Å². The van der Waals surface area contributed by atoms with Gasteiger partial charge in [0.15, 0.2) is 0 Å². The van der Waals surface area contributed by atoms with E-state index in [1.807, 2.05) is 14.0 Å². The molecule has 0 aromatic carbocycles. The Bertz CT molecular complexity index is 246. The molecule has 0 saturated heterocycles. The van der Waals surface area contributed by atoms with Gasteiger partial charge in [-0.15, -0.1) is 0 Å². The standard InChI is InChI=1S/C13H26N2O2/c1-10(6-5-9-14)13(17)15(2)11-7-3-4-8-12(11)16/h10-12,16H,3-9,14H2,1-2H3. The summed E-state index contributed by atoms with van der Waals surface area (Å²) in [5, 5.41) is 9.93. The summed E-state index contributed by atoms with van der Waals surface area (Å²) in [6.45, 7) is 2.58. The maximum Gasteiger partial charge on any atom is 0.225 e. The summed E-state index contributed by atoms with van der Waals surface area (Å²) < 4.78 is 0. The van der Waals surface area contributed by atoms with Gasteiger partial charge in [0.1, 0.15) is 0 Å². The minimum atomic E-state index is -0.348. The van der Waals surface area contributed by atoms with Gasteiger partial charge in [-0.25, -0.2) is 0 Å². The molecule has 4 heteroatoms. The number of aliphatic hydroxyl groups is 1. The van der Waals surface area contributed by atoms with Crippen molar-refractivity contribution in [1.29, 1.82) is 0 Å². The topological polar surface area (TPSA) is 66.6 Å². The molecule has 0 heterocycles. The molecule has 17 heavy (non-hydrogen) atoms. The first-order valence-corrected chi connectivity index (χ1v) is 6.72. The molecule has 100 valence electrons. The van der Waals surface area contributed by atoms with E-state index < -0.39 is 0 Å². The zero-order valence-electron chi connectivity index (χ0n) is 11.1. The molecule has 3 atom stereocenters. The molecular formula is C13H26N2O2. The number of carbonyl (C=O) groups is 1. The van der Waals surface area contributed by atoms with E-state index in [1.54, 1.807) is 4.90 Å². The molecule has 1 aliphatic carbocycles. The van der Waals surface area contributed by atoms with Crippen LogP contribution >= 0.6 is 0 Å². The van der Waals surface area contributed by atoms with Gasteiger partial charge in [0.25, 0.3) is 0 Å². The van der Waals surface area contributed by atoms with Crippen molar-refractivity contribution in [2.24, 2.45) is 11.7 Å². The molecule has 1 amide bonds. The lowest BCUT2D eigenvalue weighted by molar-refractivity contribution is -0.139. The van der Waals surface area contributed by atoms with Crippen LogP contribution in [0.2, 0.25) is 0 Å². The van der Waals surface area contributed by atoms with Crippen molar-refractivity contribution in [2.75, 3.05) is 13.6 Å². The van der Waals surface area contributed by atoms with Gasteiger partial charge in [0.05, 0.1) is 12.1 Å². The lowest BCUT2D eigenvalue weighted by Gasteiger charge is -2.36. The summed E-state index contributed by atoms with van der Waals surface area (Å²) in [7, 11) is 1.82. The number of rotatable bonds is 5. The maximum atomic E-state index is 12.2. The highest BCUT2D eigenvalue weighted by Crippen LogP contribution is 2.24. The van der Waals surface area contributed by atoms with Crippen molar-refractivity contribution in [3.05, 3.63) is 0 Å². The Balaban J connectivity index is 2.49. The van der Waals surface area contributed by atoms with Gasteiger partial charge >= 0.3 is 0 Å². The van der Waals surface area contributed by atoms with Gasteiger partial charge in [0.2, 0.25) is 5.91 Å². The highest BCUT2D eigenvalue weighted by Gasteiger charge is 2.30. The number of amides is 1. The third-order valence-electron chi connectivity index (χ3n) is 3.80. The molecule has 3 N–H and O–H groups in total. The molecule has 0 aliphatic heterocycles. The number of carbonyl (C=O) groups excluding carboxylic acids is 1. The summed E-state index contributed by atoms with van der Waals surface area (Å²) in [5.74, 6) is 0.155. The molecule has 0 aromatic heterocycles. The van der Waals surface area contributed by atoms with Crippen LogP contribution in [0.15, 0.2) is 0 Å². The van der Waals surface area contributed by atoms with Crippen molar-refractivity contribution in [2.45, 2.75) is 57.6 Å². The Morgan fingerprint density at radius 3 is 2.71 bits per heavy atom. The van der Waals surface area contributed by atoms with Gasteiger partial charge in [-0.05, 0) is 32.2 Å². The monoisotopic (exact) mass is 242 g/mol. The second-order valence-electron chi connectivity index (χ2n) is 5.20. The van der Waals surface area contributed by atoms with Crippen LogP contribution in [0.1, 0.15) is 45.4 Å². The van der Waals surface area contributed by atoms with Gasteiger partial charge in [-0.2, -0.15) is 0 Å². The molecule has 1 aliphatic rings. The number of nitrogens with zero attached hydrogens (tertiary/aromatic N) is 1. The summed E-state index contributed by atoms with van der Waals surface area (Å²) in [6, 6.07) is 0.0107. The van der Waals surface area contributed by atoms with E-state index in [0.29, 0.717) is 6.54 Å². The average Bonchev–Trinajstić information content (AvgIpc) is 2.34. The molecule has 0 bridgehead atoms. The average molecular weight is 242 g/mol. The Morgan fingerprint density at radius 2 is 2.12 bits per heavy atom. The molecule has 0 aromatic rings. The Hall–Kier alpha value is -0.610. The van der Waals surface area contributed by atoms with E-state index in [0.717, 1.165) is 38.5 Å². The molecule has 3 unspecified atom stereocenters. The molecule has 1 fully saturated rings. The second-order valence-corrected chi connectivity index (χ2v) is 5.20. The van der Waals surface area contributed by atoms with Crippen molar-refractivity contribution < 1.29 is 9.90 Å². The van der Waals surface area contributed by atoms with E-state index in [-0.39, 0.29) is 24.0 Å². The van der Waals surface area contributed by atoms with E-state index in [4.69, 9.17) is 5.73 Å². The molecule has 4 nitrogen and oxygen atoms in total. The highest BCUT2D eigenvalue weighted by atomic mass is 16.3. The van der Waals surface area contributed by atoms with Crippen LogP contribution in [0.25, 0.3) is 0 Å². The van der Waals surface area contributed by atoms with E-state index >= 15 is 0 Å².